The van der Waals surface area contributed by atoms with E-state index in [1.54, 1.807) is 11.9 Å². The number of hydrogen-bond acceptors (Lipinski definition) is 5. The lowest BCUT2D eigenvalue weighted by molar-refractivity contribution is -0.125. The maximum Gasteiger partial charge on any atom is 0.255 e. The molecule has 8 heteroatoms. The second-order valence-corrected chi connectivity index (χ2v) is 11.2. The van der Waals surface area contributed by atoms with Gasteiger partial charge in [-0.3, -0.25) is 9.59 Å². The summed E-state index contributed by atoms with van der Waals surface area (Å²) in [5.41, 5.74) is 5.40. The number of rotatable bonds is 16. The fourth-order valence-corrected chi connectivity index (χ4v) is 6.15. The normalized spacial score (nSPS) is 16.8. The van der Waals surface area contributed by atoms with Gasteiger partial charge in [0, 0.05) is 37.1 Å². The number of halogens is 1. The Hall–Kier alpha value is -2.74. The Morgan fingerprint density at radius 2 is 2.02 bits per heavy atom. The molecule has 40 heavy (non-hydrogen) atoms. The number of likely N-dealkylation sites (N-methyl/N-ethyl adjacent to an activating group) is 1. The molecule has 2 amide bonds. The fraction of sp³-hybridized carbons (Fsp3) is 0.531. The summed E-state index contributed by atoms with van der Waals surface area (Å²) >= 11 is 6.21. The predicted molar refractivity (Wildman–Crippen MR) is 157 cm³/mol. The topological polar surface area (TPSA) is 79.0 Å². The van der Waals surface area contributed by atoms with Gasteiger partial charge in [-0.2, -0.15) is 0 Å². The van der Waals surface area contributed by atoms with Gasteiger partial charge in [0.15, 0.2) is 0 Å². The number of hydrogen-bond donors (Lipinski definition) is 1. The van der Waals surface area contributed by atoms with Crippen molar-refractivity contribution >= 4 is 29.7 Å². The maximum atomic E-state index is 13.1. The average Bonchev–Trinajstić information content (AvgIpc) is 3.52. The summed E-state index contributed by atoms with van der Waals surface area (Å²) in [6.45, 7) is 6.44. The van der Waals surface area contributed by atoms with Gasteiger partial charge in [0.05, 0.1) is 12.7 Å². The molecule has 2 aromatic rings. The molecule has 0 aromatic heterocycles. The number of carbonyl (C=O) groups excluding carboxylic acids is 3. The van der Waals surface area contributed by atoms with Crippen molar-refractivity contribution in [3.05, 3.63) is 69.2 Å². The van der Waals surface area contributed by atoms with Crippen LogP contribution in [0, 0.1) is 0 Å². The minimum Gasteiger partial charge on any atom is -0.369 e. The van der Waals surface area contributed by atoms with E-state index < -0.39 is 6.04 Å². The third-order valence-corrected chi connectivity index (χ3v) is 8.53. The van der Waals surface area contributed by atoms with Crippen LogP contribution in [0.4, 0.5) is 0 Å². The van der Waals surface area contributed by atoms with Gasteiger partial charge in [-0.05, 0) is 85.6 Å². The van der Waals surface area contributed by atoms with E-state index in [9.17, 15) is 14.4 Å². The van der Waals surface area contributed by atoms with Crippen LogP contribution in [0.2, 0.25) is 5.02 Å². The summed E-state index contributed by atoms with van der Waals surface area (Å²) < 4.78 is 6.02. The Kier molecular flexibility index (Phi) is 11.2. The summed E-state index contributed by atoms with van der Waals surface area (Å²) in [5, 5.41) is 3.42. The predicted octanol–water partition coefficient (Wildman–Crippen LogP) is 5.48. The molecule has 7 nitrogen and oxygen atoms in total. The number of nitrogens with one attached hydrogen (secondary N) is 1. The number of aldehydes is 1. The van der Waals surface area contributed by atoms with Gasteiger partial charge in [-0.15, -0.1) is 0 Å². The van der Waals surface area contributed by atoms with Crippen LogP contribution in [0.3, 0.4) is 0 Å². The number of carbonyl (C=O) groups is 3. The molecule has 2 atom stereocenters. The smallest absolute Gasteiger partial charge is 0.255 e. The Labute approximate surface area is 243 Å². The number of amides is 2. The van der Waals surface area contributed by atoms with Gasteiger partial charge in [0.2, 0.25) is 5.91 Å². The first-order chi connectivity index (χ1) is 19.5. The SMILES string of the molecule is CCN(CCCCCCc1cccc2c1CN(C(CCC=O)C(=O)NC)C2=O)CC[C@@H]1OCc2ccc(Cl)cc21. The highest BCUT2D eigenvalue weighted by atomic mass is 35.5. The van der Waals surface area contributed by atoms with Crippen molar-refractivity contribution in [3.8, 4) is 0 Å². The van der Waals surface area contributed by atoms with Crippen LogP contribution in [-0.4, -0.2) is 60.6 Å². The Bertz CT molecular complexity index is 1190. The molecule has 2 aliphatic heterocycles. The first-order valence-electron chi connectivity index (χ1n) is 14.7. The zero-order chi connectivity index (χ0) is 28.5. The highest BCUT2D eigenvalue weighted by Gasteiger charge is 2.36. The van der Waals surface area contributed by atoms with Gasteiger partial charge in [0.1, 0.15) is 12.3 Å². The van der Waals surface area contributed by atoms with Crippen molar-refractivity contribution in [1.82, 2.24) is 15.1 Å². The van der Waals surface area contributed by atoms with E-state index in [2.05, 4.69) is 35.3 Å². The van der Waals surface area contributed by atoms with Crippen molar-refractivity contribution in [2.45, 2.75) is 83.6 Å². The van der Waals surface area contributed by atoms with Gasteiger partial charge in [-0.25, -0.2) is 0 Å². The second-order valence-electron chi connectivity index (χ2n) is 10.8. The minimum atomic E-state index is -0.628. The zero-order valence-electron chi connectivity index (χ0n) is 23.8. The van der Waals surface area contributed by atoms with Crippen LogP contribution in [0.5, 0.6) is 0 Å². The van der Waals surface area contributed by atoms with Crippen LogP contribution < -0.4 is 5.32 Å². The molecule has 0 bridgehead atoms. The first-order valence-corrected chi connectivity index (χ1v) is 15.0. The lowest BCUT2D eigenvalue weighted by Gasteiger charge is -2.25. The van der Waals surface area contributed by atoms with Gasteiger partial charge >= 0.3 is 0 Å². The highest BCUT2D eigenvalue weighted by Crippen LogP contribution is 2.35. The van der Waals surface area contributed by atoms with E-state index in [0.29, 0.717) is 25.1 Å². The third-order valence-electron chi connectivity index (χ3n) is 8.30. The van der Waals surface area contributed by atoms with E-state index in [1.807, 2.05) is 18.2 Å². The van der Waals surface area contributed by atoms with E-state index in [4.69, 9.17) is 16.3 Å². The lowest BCUT2D eigenvalue weighted by Crippen LogP contribution is -2.46. The van der Waals surface area contributed by atoms with Gasteiger partial charge < -0.3 is 24.6 Å². The van der Waals surface area contributed by atoms with Crippen molar-refractivity contribution in [2.24, 2.45) is 0 Å². The van der Waals surface area contributed by atoms with E-state index in [1.165, 1.54) is 23.1 Å². The maximum absolute atomic E-state index is 13.1. The number of nitrogens with zero attached hydrogens (tertiary/aromatic N) is 2. The van der Waals surface area contributed by atoms with Crippen molar-refractivity contribution in [2.75, 3.05) is 26.7 Å². The average molecular weight is 568 g/mol. The van der Waals surface area contributed by atoms with E-state index in [0.717, 1.165) is 68.6 Å². The van der Waals surface area contributed by atoms with Crippen LogP contribution in [0.15, 0.2) is 36.4 Å². The number of ether oxygens (including phenoxy) is 1. The summed E-state index contributed by atoms with van der Waals surface area (Å²) in [5.74, 6) is -0.346. The molecule has 2 aliphatic rings. The van der Waals surface area contributed by atoms with Gasteiger partial charge in [-0.1, -0.05) is 49.6 Å². The van der Waals surface area contributed by atoms with Crippen LogP contribution in [0.1, 0.15) is 90.6 Å². The second kappa shape index (κ2) is 14.8. The number of benzene rings is 2. The molecular weight excluding hydrogens is 526 g/mol. The molecule has 2 heterocycles. The summed E-state index contributed by atoms with van der Waals surface area (Å²) in [6, 6.07) is 11.3. The monoisotopic (exact) mass is 567 g/mol. The summed E-state index contributed by atoms with van der Waals surface area (Å²) in [4.78, 5) is 40.7. The number of unbranched alkanes of at least 4 members (excludes halogenated alkanes) is 3. The molecule has 2 aromatic carbocycles. The molecule has 216 valence electrons. The fourth-order valence-electron chi connectivity index (χ4n) is 5.97. The van der Waals surface area contributed by atoms with Crippen LogP contribution >= 0.6 is 11.6 Å². The molecule has 0 radical (unpaired) electrons. The van der Waals surface area contributed by atoms with E-state index >= 15 is 0 Å². The van der Waals surface area contributed by atoms with Crippen molar-refractivity contribution in [1.29, 1.82) is 0 Å². The Morgan fingerprint density at radius 1 is 1.20 bits per heavy atom. The largest absolute Gasteiger partial charge is 0.369 e. The molecule has 0 aliphatic carbocycles. The molecule has 0 saturated carbocycles. The molecular formula is C32H42ClN3O4. The van der Waals surface area contributed by atoms with Crippen LogP contribution in [-0.2, 0) is 33.9 Å². The van der Waals surface area contributed by atoms with E-state index in [-0.39, 0.29) is 24.3 Å². The first kappa shape index (κ1) is 30.2. The number of aryl methyl sites for hydroxylation is 1. The quantitative estimate of drug-likeness (QED) is 0.215. The highest BCUT2D eigenvalue weighted by molar-refractivity contribution is 6.30. The molecule has 1 unspecified atom stereocenters. The Morgan fingerprint density at radius 3 is 2.80 bits per heavy atom. The third kappa shape index (κ3) is 7.31. The Balaban J connectivity index is 1.21. The van der Waals surface area contributed by atoms with Crippen LogP contribution in [0.25, 0.3) is 0 Å². The molecule has 0 fully saturated rings. The van der Waals surface area contributed by atoms with Gasteiger partial charge in [0.25, 0.3) is 5.91 Å². The lowest BCUT2D eigenvalue weighted by atomic mass is 9.98. The zero-order valence-corrected chi connectivity index (χ0v) is 24.5. The van der Waals surface area contributed by atoms with Crippen molar-refractivity contribution < 1.29 is 19.1 Å². The standard InChI is InChI=1S/C32H42ClN3O4/c1-3-35(18-16-30-27-20-25(33)15-14-24(27)22-40-30)17-7-5-4-6-10-23-11-8-12-26-28(23)21-36(32(26)39)29(13-9-19-37)31(38)34-2/h8,11-12,14-15,19-20,29-30H,3-7,9-10,13,16-18,21-22H2,1-2H3,(H,34,38)/t29?,30-/m0/s1. The summed E-state index contributed by atoms with van der Waals surface area (Å²) in [6.07, 6.45) is 7.94. The molecule has 4 rings (SSSR count). The minimum absolute atomic E-state index is 0.120. The molecule has 0 spiro atoms. The molecule has 1 N–H and O–H groups in total. The number of fused-ring (bicyclic) bond motifs is 2. The molecule has 0 saturated heterocycles. The summed E-state index contributed by atoms with van der Waals surface area (Å²) in [7, 11) is 1.56. The van der Waals surface area contributed by atoms with Crippen molar-refractivity contribution in [3.63, 3.8) is 0 Å².